The second kappa shape index (κ2) is 27.2. The molecule has 8 nitrogen and oxygen atoms in total. The second-order valence-electron chi connectivity index (χ2n) is 10.0. The third kappa shape index (κ3) is 23.0. The molecule has 0 amide bonds. The molecule has 0 aromatic heterocycles. The summed E-state index contributed by atoms with van der Waals surface area (Å²) >= 11 is 4.87. The van der Waals surface area contributed by atoms with Crippen LogP contribution in [0.1, 0.15) is 73.1 Å². The summed E-state index contributed by atoms with van der Waals surface area (Å²) in [5.74, 6) is -0.00819. The first kappa shape index (κ1) is 48.8. The molecular formula is C32H50BrClMgO8. The Morgan fingerprint density at radius 3 is 1.40 bits per heavy atom. The van der Waals surface area contributed by atoms with Crippen LogP contribution in [0.2, 0.25) is 0 Å². The molecule has 0 atom stereocenters. The van der Waals surface area contributed by atoms with Gasteiger partial charge in [-0.25, -0.2) is 4.79 Å². The molecule has 3 aliphatic rings. The van der Waals surface area contributed by atoms with E-state index in [-0.39, 0.29) is 46.0 Å². The van der Waals surface area contributed by atoms with Gasteiger partial charge in [0.2, 0.25) is 5.24 Å². The molecule has 3 rings (SSSR count). The van der Waals surface area contributed by atoms with E-state index in [1.807, 2.05) is 13.8 Å². The maximum Gasteiger partial charge on any atom is 2.00 e. The molecule has 242 valence electrons. The van der Waals surface area contributed by atoms with Crippen LogP contribution in [0.4, 0.5) is 0 Å². The van der Waals surface area contributed by atoms with E-state index in [1.54, 1.807) is 20.8 Å². The number of rotatable bonds is 5. The van der Waals surface area contributed by atoms with Gasteiger partial charge in [-0.1, -0.05) is 26.3 Å². The van der Waals surface area contributed by atoms with Crippen molar-refractivity contribution in [3.63, 3.8) is 0 Å². The number of ketones is 1. The summed E-state index contributed by atoms with van der Waals surface area (Å²) in [6.45, 7) is 30.3. The second-order valence-corrected chi connectivity index (χ2v) is 10.4. The molecule has 1 N–H and O–H groups in total. The van der Waals surface area contributed by atoms with Gasteiger partial charge in [0.25, 0.3) is 0 Å². The van der Waals surface area contributed by atoms with Crippen molar-refractivity contribution in [2.24, 2.45) is 0 Å². The SMILES string of the molecule is C=C(C)C(=O)Cl.C=C(C)C(=O)OC1(C(=C)C)CCOCC1.C=C(C)C1(O)CCOCC1.C=[C-]C.O=C1CCOCC1.[Br-].[Mg+2]. The fraction of sp³-hybridized carbons (Fsp3) is 0.594. The van der Waals surface area contributed by atoms with Crippen molar-refractivity contribution in [2.75, 3.05) is 39.6 Å². The van der Waals surface area contributed by atoms with E-state index >= 15 is 0 Å². The van der Waals surface area contributed by atoms with Crippen LogP contribution in [0, 0.1) is 6.08 Å². The minimum absolute atomic E-state index is 0. The molecule has 0 aromatic rings. The van der Waals surface area contributed by atoms with Crippen LogP contribution in [0.25, 0.3) is 0 Å². The van der Waals surface area contributed by atoms with Gasteiger partial charge in [0, 0.05) is 62.9 Å². The van der Waals surface area contributed by atoms with Gasteiger partial charge in [0.05, 0.1) is 32.0 Å². The third-order valence-electron chi connectivity index (χ3n) is 6.22. The molecule has 0 spiro atoms. The van der Waals surface area contributed by atoms with Crippen molar-refractivity contribution in [1.29, 1.82) is 0 Å². The first-order chi connectivity index (χ1) is 19.1. The number of halogens is 2. The van der Waals surface area contributed by atoms with Gasteiger partial charge in [-0.05, 0) is 50.4 Å². The molecule has 43 heavy (non-hydrogen) atoms. The third-order valence-corrected chi connectivity index (χ3v) is 6.54. The Kier molecular flexibility index (Phi) is 30.9. The first-order valence-corrected chi connectivity index (χ1v) is 13.9. The molecule has 0 radical (unpaired) electrons. The van der Waals surface area contributed by atoms with E-state index in [0.29, 0.717) is 95.1 Å². The first-order valence-electron chi connectivity index (χ1n) is 13.6. The number of esters is 1. The zero-order valence-electron chi connectivity index (χ0n) is 26.8. The van der Waals surface area contributed by atoms with Crippen LogP contribution >= 0.6 is 11.6 Å². The van der Waals surface area contributed by atoms with Crippen LogP contribution < -0.4 is 17.0 Å². The molecule has 3 saturated heterocycles. The Bertz CT molecular complexity index is 887. The van der Waals surface area contributed by atoms with Crippen molar-refractivity contribution in [1.82, 2.24) is 0 Å². The zero-order chi connectivity index (χ0) is 32.1. The van der Waals surface area contributed by atoms with Gasteiger partial charge >= 0.3 is 29.0 Å². The number of hydrogen-bond acceptors (Lipinski definition) is 8. The van der Waals surface area contributed by atoms with Crippen molar-refractivity contribution < 1.29 is 55.4 Å². The minimum Gasteiger partial charge on any atom is -1.00 e. The van der Waals surface area contributed by atoms with Crippen molar-refractivity contribution in [3.8, 4) is 0 Å². The van der Waals surface area contributed by atoms with Crippen LogP contribution in [-0.4, -0.2) is 96.0 Å². The number of aliphatic hydroxyl groups is 1. The van der Waals surface area contributed by atoms with Crippen LogP contribution in [-0.2, 0) is 33.3 Å². The van der Waals surface area contributed by atoms with Crippen LogP contribution in [0.3, 0.4) is 0 Å². The number of allylic oxidation sites excluding steroid dienone is 2. The fourth-order valence-electron chi connectivity index (χ4n) is 3.32. The summed E-state index contributed by atoms with van der Waals surface area (Å²) in [4.78, 5) is 31.7. The number of carbonyl (C=O) groups excluding carboxylic acids is 3. The number of carbonyl (C=O) groups is 3. The molecule has 0 aromatic carbocycles. The maximum atomic E-state index is 11.5. The molecule has 0 saturated carbocycles. The number of Topliss-reactive ketones (excluding diaryl/α,β-unsaturated/α-hetero) is 1. The van der Waals surface area contributed by atoms with E-state index in [0.717, 1.165) is 11.1 Å². The summed E-state index contributed by atoms with van der Waals surface area (Å²) < 4.78 is 20.8. The molecule has 11 heteroatoms. The van der Waals surface area contributed by atoms with E-state index in [4.69, 9.17) is 30.5 Å². The Hall–Kier alpha value is -1.11. The Labute approximate surface area is 290 Å². The van der Waals surface area contributed by atoms with Crippen molar-refractivity contribution in [2.45, 2.75) is 84.3 Å². The van der Waals surface area contributed by atoms with E-state index < -0.39 is 16.4 Å². The molecule has 3 fully saturated rings. The molecule has 0 bridgehead atoms. The summed E-state index contributed by atoms with van der Waals surface area (Å²) in [6, 6.07) is 0. The molecule has 0 unspecified atom stereocenters. The van der Waals surface area contributed by atoms with E-state index in [9.17, 15) is 19.5 Å². The minimum atomic E-state index is -0.641. The summed E-state index contributed by atoms with van der Waals surface area (Å²) in [7, 11) is 0. The Morgan fingerprint density at radius 2 is 1.16 bits per heavy atom. The maximum absolute atomic E-state index is 11.5. The number of hydrogen-bond donors (Lipinski definition) is 1. The van der Waals surface area contributed by atoms with Gasteiger partial charge in [-0.2, -0.15) is 6.92 Å². The monoisotopic (exact) mass is 700 g/mol. The normalized spacial score (nSPS) is 17.4. The van der Waals surface area contributed by atoms with Gasteiger partial charge in [-0.3, -0.25) is 16.2 Å². The molecule has 3 heterocycles. The summed E-state index contributed by atoms with van der Waals surface area (Å²) in [5.41, 5.74) is 1.35. The average molecular weight is 702 g/mol. The predicted octanol–water partition coefficient (Wildman–Crippen LogP) is 2.65. The predicted molar refractivity (Wildman–Crippen MR) is 169 cm³/mol. The van der Waals surface area contributed by atoms with E-state index in [1.165, 1.54) is 0 Å². The standard InChI is InChI=1S/C12H18O3.C8H14O2.C5H8O2.C4H5ClO.C3H5.BrH.Mg/c1-9(2)11(13)15-12(10(3)4)5-7-14-8-6-12;1-7(2)8(9)3-5-10-6-4-8;6-5-1-3-7-4-2-5;1-3(2)4(5)6;1-3-2;;/h1,3,5-8H2,2,4H3;9H,1,3-6H2,2H3;1-4H2;1H2,2H3;1H2,2H3;1H;/q;;;;-1;;+2/p-1. The fourth-order valence-corrected chi connectivity index (χ4v) is 3.32. The summed E-state index contributed by atoms with van der Waals surface area (Å²) in [5, 5.41) is 9.31. The molecule has 3 aliphatic heterocycles. The van der Waals surface area contributed by atoms with Gasteiger partial charge in [0.15, 0.2) is 0 Å². The Balaban J connectivity index is -0.000000238. The van der Waals surface area contributed by atoms with Gasteiger partial charge in [-0.15, -0.1) is 0 Å². The van der Waals surface area contributed by atoms with Gasteiger partial charge in [0.1, 0.15) is 11.4 Å². The van der Waals surface area contributed by atoms with Crippen LogP contribution in [0.5, 0.6) is 0 Å². The summed E-state index contributed by atoms with van der Waals surface area (Å²) in [6.07, 6.45) is 6.51. The van der Waals surface area contributed by atoms with E-state index in [2.05, 4.69) is 39.0 Å². The average Bonchev–Trinajstić information content (AvgIpc) is 2.91. The molecular weight excluding hydrogens is 652 g/mol. The smallest absolute Gasteiger partial charge is 1.00 e. The Morgan fingerprint density at radius 1 is 0.814 bits per heavy atom. The van der Waals surface area contributed by atoms with Crippen molar-refractivity contribution in [3.05, 3.63) is 61.3 Å². The quantitative estimate of drug-likeness (QED) is 0.117. The zero-order valence-corrected chi connectivity index (χ0v) is 30.5. The molecule has 0 aliphatic carbocycles. The topological polar surface area (TPSA) is 108 Å². The van der Waals surface area contributed by atoms with Crippen molar-refractivity contribution >= 4 is 51.6 Å². The number of ether oxygens (including phenoxy) is 4. The largest absolute Gasteiger partial charge is 2.00 e. The van der Waals surface area contributed by atoms with Crippen LogP contribution in [0.15, 0.2) is 55.2 Å². The van der Waals surface area contributed by atoms with Gasteiger partial charge < -0.3 is 47.1 Å².